The smallest absolute Gasteiger partial charge is 0.220 e. The quantitative estimate of drug-likeness (QED) is 0.396. The minimum atomic E-state index is -0.358. The van der Waals surface area contributed by atoms with Gasteiger partial charge in [0.2, 0.25) is 11.8 Å². The molecule has 0 fully saturated rings. The molecule has 0 aliphatic heterocycles. The maximum atomic E-state index is 11.6. The molecule has 0 spiro atoms. The minimum absolute atomic E-state index is 0.0360. The number of unbranched alkanes of at least 4 members (excludes halogenated alkanes) is 3. The third-order valence-electron chi connectivity index (χ3n) is 3.80. The molecular formula is C18H36N2O4. The molecule has 1 atom stereocenters. The SMILES string of the molecule is CCCCOCCCCCOCCCNC(=O)CC[C@H](C)C(N)=O. The number of hydrogen-bond acceptors (Lipinski definition) is 4. The number of hydrogen-bond donors (Lipinski definition) is 2. The first-order valence-electron chi connectivity index (χ1n) is 9.29. The number of amides is 2. The van der Waals surface area contributed by atoms with Gasteiger partial charge in [-0.2, -0.15) is 0 Å². The first-order valence-corrected chi connectivity index (χ1v) is 9.29. The van der Waals surface area contributed by atoms with E-state index in [0.29, 0.717) is 26.0 Å². The predicted molar refractivity (Wildman–Crippen MR) is 95.6 cm³/mol. The van der Waals surface area contributed by atoms with Crippen LogP contribution in [0.15, 0.2) is 0 Å². The molecule has 0 aliphatic rings. The molecule has 0 saturated carbocycles. The minimum Gasteiger partial charge on any atom is -0.381 e. The first-order chi connectivity index (χ1) is 11.6. The van der Waals surface area contributed by atoms with Crippen LogP contribution in [-0.2, 0) is 19.1 Å². The summed E-state index contributed by atoms with van der Waals surface area (Å²) in [5.41, 5.74) is 5.15. The van der Waals surface area contributed by atoms with Crippen LogP contribution in [0.2, 0.25) is 0 Å². The van der Waals surface area contributed by atoms with Crippen molar-refractivity contribution >= 4 is 11.8 Å². The van der Waals surface area contributed by atoms with Crippen molar-refractivity contribution in [2.24, 2.45) is 11.7 Å². The van der Waals surface area contributed by atoms with Gasteiger partial charge in [0.25, 0.3) is 0 Å². The van der Waals surface area contributed by atoms with E-state index in [4.69, 9.17) is 15.2 Å². The van der Waals surface area contributed by atoms with Gasteiger partial charge < -0.3 is 20.5 Å². The third kappa shape index (κ3) is 15.7. The Labute approximate surface area is 146 Å². The molecule has 0 aromatic carbocycles. The van der Waals surface area contributed by atoms with Crippen LogP contribution in [0.25, 0.3) is 0 Å². The van der Waals surface area contributed by atoms with Crippen LogP contribution in [0.5, 0.6) is 0 Å². The van der Waals surface area contributed by atoms with Gasteiger partial charge in [0.15, 0.2) is 0 Å². The summed E-state index contributed by atoms with van der Waals surface area (Å²) in [5.74, 6) is -0.647. The predicted octanol–water partition coefficient (Wildman–Crippen LogP) is 2.40. The van der Waals surface area contributed by atoms with Gasteiger partial charge in [-0.3, -0.25) is 9.59 Å². The van der Waals surface area contributed by atoms with E-state index in [9.17, 15) is 9.59 Å². The van der Waals surface area contributed by atoms with Crippen molar-refractivity contribution < 1.29 is 19.1 Å². The Morgan fingerprint density at radius 2 is 1.54 bits per heavy atom. The van der Waals surface area contributed by atoms with E-state index in [0.717, 1.165) is 51.9 Å². The lowest BCUT2D eigenvalue weighted by Gasteiger charge is -2.08. The number of nitrogens with two attached hydrogens (primary N) is 1. The molecule has 6 heteroatoms. The summed E-state index contributed by atoms with van der Waals surface area (Å²) in [6.07, 6.45) is 7.23. The van der Waals surface area contributed by atoms with Gasteiger partial charge in [-0.25, -0.2) is 0 Å². The standard InChI is InChI=1S/C18H36N2O4/c1-3-4-12-23-13-6-5-7-14-24-15-8-11-20-17(21)10-9-16(2)18(19)22/h16H,3-15H2,1-2H3,(H2,19,22)(H,20,21)/t16-/m0/s1. The lowest BCUT2D eigenvalue weighted by atomic mass is 10.1. The average Bonchev–Trinajstić information content (AvgIpc) is 2.56. The Morgan fingerprint density at radius 1 is 0.958 bits per heavy atom. The Morgan fingerprint density at radius 3 is 2.12 bits per heavy atom. The number of carbonyl (C=O) groups is 2. The highest BCUT2D eigenvalue weighted by Crippen LogP contribution is 2.04. The van der Waals surface area contributed by atoms with Gasteiger partial charge >= 0.3 is 0 Å². The topological polar surface area (TPSA) is 90.7 Å². The van der Waals surface area contributed by atoms with Gasteiger partial charge in [0.1, 0.15) is 0 Å². The van der Waals surface area contributed by atoms with E-state index in [1.807, 2.05) is 0 Å². The third-order valence-corrected chi connectivity index (χ3v) is 3.80. The van der Waals surface area contributed by atoms with Crippen LogP contribution in [0.3, 0.4) is 0 Å². The summed E-state index contributed by atoms with van der Waals surface area (Å²) in [5, 5.41) is 2.82. The molecule has 0 heterocycles. The fourth-order valence-corrected chi connectivity index (χ4v) is 2.02. The van der Waals surface area contributed by atoms with E-state index in [2.05, 4.69) is 12.2 Å². The Bertz CT molecular complexity index is 324. The molecule has 0 aliphatic carbocycles. The van der Waals surface area contributed by atoms with E-state index in [-0.39, 0.29) is 17.7 Å². The summed E-state index contributed by atoms with van der Waals surface area (Å²) in [6.45, 7) is 7.65. The fraction of sp³-hybridized carbons (Fsp3) is 0.889. The monoisotopic (exact) mass is 344 g/mol. The van der Waals surface area contributed by atoms with Crippen molar-refractivity contribution in [1.82, 2.24) is 5.32 Å². The Hall–Kier alpha value is -1.14. The van der Waals surface area contributed by atoms with Gasteiger partial charge in [0.05, 0.1) is 0 Å². The van der Waals surface area contributed by atoms with Crippen molar-refractivity contribution in [1.29, 1.82) is 0 Å². The summed E-state index contributed by atoms with van der Waals surface area (Å²) < 4.78 is 11.0. The second-order valence-electron chi connectivity index (χ2n) is 6.18. The molecule has 0 aromatic heterocycles. The van der Waals surface area contributed by atoms with Crippen molar-refractivity contribution in [3.05, 3.63) is 0 Å². The Kier molecular flexibility index (Phi) is 15.9. The van der Waals surface area contributed by atoms with E-state index < -0.39 is 0 Å². The maximum absolute atomic E-state index is 11.6. The molecule has 6 nitrogen and oxygen atoms in total. The summed E-state index contributed by atoms with van der Waals surface area (Å²) in [6, 6.07) is 0. The molecule has 0 saturated heterocycles. The van der Waals surface area contributed by atoms with Gasteiger partial charge in [0, 0.05) is 45.3 Å². The highest BCUT2D eigenvalue weighted by Gasteiger charge is 2.10. The van der Waals surface area contributed by atoms with Crippen LogP contribution >= 0.6 is 0 Å². The zero-order valence-corrected chi connectivity index (χ0v) is 15.5. The molecule has 0 unspecified atom stereocenters. The zero-order chi connectivity index (χ0) is 18.0. The lowest BCUT2D eigenvalue weighted by molar-refractivity contribution is -0.123. The number of rotatable bonds is 17. The van der Waals surface area contributed by atoms with Crippen molar-refractivity contribution in [3.63, 3.8) is 0 Å². The van der Waals surface area contributed by atoms with Gasteiger partial charge in [-0.05, 0) is 38.5 Å². The average molecular weight is 344 g/mol. The van der Waals surface area contributed by atoms with Crippen molar-refractivity contribution in [3.8, 4) is 0 Å². The largest absolute Gasteiger partial charge is 0.381 e. The number of ether oxygens (including phenoxy) is 2. The molecule has 142 valence electrons. The molecule has 3 N–H and O–H groups in total. The maximum Gasteiger partial charge on any atom is 0.220 e. The zero-order valence-electron chi connectivity index (χ0n) is 15.5. The molecule has 24 heavy (non-hydrogen) atoms. The highest BCUT2D eigenvalue weighted by atomic mass is 16.5. The van der Waals surface area contributed by atoms with Crippen molar-refractivity contribution in [2.75, 3.05) is 33.0 Å². The van der Waals surface area contributed by atoms with E-state index >= 15 is 0 Å². The van der Waals surface area contributed by atoms with E-state index in [1.54, 1.807) is 6.92 Å². The van der Waals surface area contributed by atoms with Gasteiger partial charge in [-0.1, -0.05) is 20.3 Å². The van der Waals surface area contributed by atoms with Crippen LogP contribution in [-0.4, -0.2) is 44.8 Å². The second kappa shape index (κ2) is 16.7. The molecule has 0 rings (SSSR count). The van der Waals surface area contributed by atoms with Gasteiger partial charge in [-0.15, -0.1) is 0 Å². The molecule has 0 radical (unpaired) electrons. The molecule has 2 amide bonds. The van der Waals surface area contributed by atoms with E-state index in [1.165, 1.54) is 6.42 Å². The first kappa shape index (κ1) is 22.9. The summed E-state index contributed by atoms with van der Waals surface area (Å²) in [7, 11) is 0. The van der Waals surface area contributed by atoms with Crippen molar-refractivity contribution in [2.45, 2.75) is 65.2 Å². The number of primary amides is 1. The highest BCUT2D eigenvalue weighted by molar-refractivity contribution is 5.79. The fourth-order valence-electron chi connectivity index (χ4n) is 2.02. The Balaban J connectivity index is 3.22. The molecule has 0 bridgehead atoms. The molecular weight excluding hydrogens is 308 g/mol. The lowest BCUT2D eigenvalue weighted by Crippen LogP contribution is -2.27. The number of nitrogens with one attached hydrogen (secondary N) is 1. The van der Waals surface area contributed by atoms with Crippen LogP contribution < -0.4 is 11.1 Å². The van der Waals surface area contributed by atoms with Crippen LogP contribution in [0, 0.1) is 5.92 Å². The second-order valence-corrected chi connectivity index (χ2v) is 6.18. The van der Waals surface area contributed by atoms with Crippen LogP contribution in [0.4, 0.5) is 0 Å². The molecule has 0 aromatic rings. The van der Waals surface area contributed by atoms with Crippen LogP contribution in [0.1, 0.15) is 65.2 Å². The summed E-state index contributed by atoms with van der Waals surface area (Å²) in [4.78, 5) is 22.4. The number of carbonyl (C=O) groups excluding carboxylic acids is 2. The summed E-state index contributed by atoms with van der Waals surface area (Å²) >= 11 is 0. The normalized spacial score (nSPS) is 12.1.